The molecule has 0 aromatic rings. The summed E-state index contributed by atoms with van der Waals surface area (Å²) in [6, 6.07) is 1.83. The van der Waals surface area contributed by atoms with E-state index < -0.39 is 0 Å². The first-order valence-corrected chi connectivity index (χ1v) is 4.94. The van der Waals surface area contributed by atoms with Crippen LogP contribution in [0, 0.1) is 11.3 Å². The molecule has 0 bridgehead atoms. The van der Waals surface area contributed by atoms with Crippen molar-refractivity contribution in [3.63, 3.8) is 0 Å². The van der Waals surface area contributed by atoms with Crippen molar-refractivity contribution in [2.45, 2.75) is 25.7 Å². The minimum Gasteiger partial charge on any atom is -0.341 e. The summed E-state index contributed by atoms with van der Waals surface area (Å²) in [7, 11) is 1.68. The van der Waals surface area contributed by atoms with Crippen LogP contribution in [0.15, 0.2) is 11.6 Å². The number of carbonyl (C=O) groups is 2. The van der Waals surface area contributed by atoms with Crippen LogP contribution in [0.3, 0.4) is 0 Å². The zero-order chi connectivity index (χ0) is 11.3. The molecule has 15 heavy (non-hydrogen) atoms. The maximum atomic E-state index is 11.3. The van der Waals surface area contributed by atoms with Gasteiger partial charge in [-0.05, 0) is 6.42 Å². The number of nitriles is 1. The lowest BCUT2D eigenvalue weighted by atomic mass is 9.98. The van der Waals surface area contributed by atoms with Gasteiger partial charge in [0.1, 0.15) is 12.2 Å². The molecule has 0 aromatic carbocycles. The van der Waals surface area contributed by atoms with Gasteiger partial charge in [-0.15, -0.1) is 0 Å². The van der Waals surface area contributed by atoms with Crippen LogP contribution in [0.1, 0.15) is 25.7 Å². The van der Waals surface area contributed by atoms with Crippen molar-refractivity contribution in [2.24, 2.45) is 0 Å². The first-order chi connectivity index (χ1) is 7.13. The molecule has 0 N–H and O–H groups in total. The smallest absolute Gasteiger partial charge is 0.236 e. The fourth-order valence-corrected chi connectivity index (χ4v) is 1.50. The minimum atomic E-state index is -0.171. The quantitative estimate of drug-likeness (QED) is 0.648. The molecule has 0 fully saturated rings. The first kappa shape index (κ1) is 11.4. The Morgan fingerprint density at radius 3 is 2.87 bits per heavy atom. The molecule has 0 unspecified atom stereocenters. The van der Waals surface area contributed by atoms with Crippen molar-refractivity contribution >= 4 is 11.7 Å². The zero-order valence-corrected chi connectivity index (χ0v) is 8.82. The second kappa shape index (κ2) is 5.30. The number of rotatable bonds is 3. The van der Waals surface area contributed by atoms with Gasteiger partial charge >= 0.3 is 0 Å². The Morgan fingerprint density at radius 2 is 2.33 bits per heavy atom. The maximum absolute atomic E-state index is 11.3. The monoisotopic (exact) mass is 206 g/mol. The predicted molar refractivity (Wildman–Crippen MR) is 54.8 cm³/mol. The Hall–Kier alpha value is -1.63. The highest BCUT2D eigenvalue weighted by Crippen LogP contribution is 2.15. The van der Waals surface area contributed by atoms with Crippen molar-refractivity contribution in [3.8, 4) is 6.07 Å². The molecule has 80 valence electrons. The number of amides is 1. The van der Waals surface area contributed by atoms with E-state index in [0.717, 1.165) is 12.0 Å². The summed E-state index contributed by atoms with van der Waals surface area (Å²) in [4.78, 5) is 23.8. The number of likely N-dealkylation sites (N-methyl/N-ethyl adjacent to an activating group) is 1. The van der Waals surface area contributed by atoms with E-state index in [1.807, 2.05) is 12.1 Å². The van der Waals surface area contributed by atoms with E-state index in [4.69, 9.17) is 5.26 Å². The summed E-state index contributed by atoms with van der Waals surface area (Å²) >= 11 is 0. The van der Waals surface area contributed by atoms with E-state index >= 15 is 0 Å². The molecule has 0 radical (unpaired) electrons. The molecule has 0 heterocycles. The van der Waals surface area contributed by atoms with Crippen LogP contribution < -0.4 is 0 Å². The normalized spacial score (nSPS) is 15.5. The third kappa shape index (κ3) is 3.55. The number of allylic oxidation sites excluding steroid dienone is 1. The van der Waals surface area contributed by atoms with Gasteiger partial charge in [0.25, 0.3) is 0 Å². The Kier molecular flexibility index (Phi) is 4.04. The van der Waals surface area contributed by atoms with Gasteiger partial charge in [0.05, 0.1) is 6.07 Å². The van der Waals surface area contributed by atoms with Gasteiger partial charge in [-0.1, -0.05) is 11.6 Å². The predicted octanol–water partition coefficient (Wildman–Crippen LogP) is 1.04. The Balaban J connectivity index is 2.45. The molecule has 1 aliphatic carbocycles. The van der Waals surface area contributed by atoms with Crippen LogP contribution in [-0.4, -0.2) is 30.2 Å². The lowest BCUT2D eigenvalue weighted by Gasteiger charge is -2.19. The summed E-state index contributed by atoms with van der Waals surface area (Å²) in [6.45, 7) is 0.536. The van der Waals surface area contributed by atoms with Crippen LogP contribution in [0.2, 0.25) is 0 Å². The third-order valence-corrected chi connectivity index (χ3v) is 2.44. The standard InChI is InChI=1S/C11H14N2O2/c1-13(11(15)6-7-12)8-9-2-4-10(14)5-3-9/h2H,3-6,8H2,1H3. The molecule has 0 atom stereocenters. The molecule has 4 nitrogen and oxygen atoms in total. The van der Waals surface area contributed by atoms with Gasteiger partial charge in [0.15, 0.2) is 0 Å². The van der Waals surface area contributed by atoms with Gasteiger partial charge in [0, 0.05) is 26.4 Å². The largest absolute Gasteiger partial charge is 0.341 e. The molecule has 0 spiro atoms. The highest BCUT2D eigenvalue weighted by Gasteiger charge is 2.14. The first-order valence-electron chi connectivity index (χ1n) is 4.94. The van der Waals surface area contributed by atoms with E-state index in [1.165, 1.54) is 4.90 Å². The minimum absolute atomic E-state index is 0.0806. The molecule has 1 aliphatic rings. The summed E-state index contributed by atoms with van der Waals surface area (Å²) in [5.41, 5.74) is 1.11. The van der Waals surface area contributed by atoms with Gasteiger partial charge in [-0.3, -0.25) is 9.59 Å². The molecule has 0 aliphatic heterocycles. The van der Waals surface area contributed by atoms with E-state index in [0.29, 0.717) is 19.4 Å². The average molecular weight is 206 g/mol. The Bertz CT molecular complexity index is 339. The molecule has 0 aromatic heterocycles. The van der Waals surface area contributed by atoms with Crippen LogP contribution >= 0.6 is 0 Å². The summed E-state index contributed by atoms with van der Waals surface area (Å²) in [5, 5.41) is 8.37. The fourth-order valence-electron chi connectivity index (χ4n) is 1.50. The number of Topliss-reactive ketones (excluding diaryl/α,β-unsaturated/α-hetero) is 1. The lowest BCUT2D eigenvalue weighted by Crippen LogP contribution is -2.29. The molecule has 0 saturated carbocycles. The summed E-state index contributed by atoms with van der Waals surface area (Å²) in [6.07, 6.45) is 3.61. The summed E-state index contributed by atoms with van der Waals surface area (Å²) < 4.78 is 0. The number of hydrogen-bond donors (Lipinski definition) is 0. The van der Waals surface area contributed by atoms with Gasteiger partial charge in [-0.2, -0.15) is 5.26 Å². The van der Waals surface area contributed by atoms with Crippen molar-refractivity contribution in [1.29, 1.82) is 5.26 Å². The topological polar surface area (TPSA) is 61.2 Å². The Labute approximate surface area is 89.2 Å². The fraction of sp³-hybridized carbons (Fsp3) is 0.545. The molecular formula is C11H14N2O2. The van der Waals surface area contributed by atoms with E-state index in [9.17, 15) is 9.59 Å². The van der Waals surface area contributed by atoms with Crippen molar-refractivity contribution in [3.05, 3.63) is 11.6 Å². The van der Waals surface area contributed by atoms with Crippen LogP contribution in [0.5, 0.6) is 0 Å². The van der Waals surface area contributed by atoms with Crippen molar-refractivity contribution in [1.82, 2.24) is 4.90 Å². The van der Waals surface area contributed by atoms with Crippen LogP contribution in [0.4, 0.5) is 0 Å². The highest BCUT2D eigenvalue weighted by molar-refractivity contribution is 5.82. The SMILES string of the molecule is CN(CC1=CCC(=O)CC1)C(=O)CC#N. The number of nitrogens with zero attached hydrogens (tertiary/aromatic N) is 2. The number of hydrogen-bond acceptors (Lipinski definition) is 3. The third-order valence-electron chi connectivity index (χ3n) is 2.44. The van der Waals surface area contributed by atoms with Crippen LogP contribution in [0.25, 0.3) is 0 Å². The van der Waals surface area contributed by atoms with Gasteiger partial charge in [-0.25, -0.2) is 0 Å². The lowest BCUT2D eigenvalue weighted by molar-refractivity contribution is -0.128. The number of carbonyl (C=O) groups excluding carboxylic acids is 2. The molecule has 1 rings (SSSR count). The zero-order valence-electron chi connectivity index (χ0n) is 8.82. The molecule has 1 amide bonds. The van der Waals surface area contributed by atoms with Gasteiger partial charge in [0.2, 0.25) is 5.91 Å². The highest BCUT2D eigenvalue weighted by atomic mass is 16.2. The average Bonchev–Trinajstić information content (AvgIpc) is 2.22. The summed E-state index contributed by atoms with van der Waals surface area (Å²) in [5.74, 6) is 0.0834. The second-order valence-electron chi connectivity index (χ2n) is 3.69. The van der Waals surface area contributed by atoms with Crippen molar-refractivity contribution < 1.29 is 9.59 Å². The molecule has 0 saturated heterocycles. The Morgan fingerprint density at radius 1 is 1.60 bits per heavy atom. The van der Waals surface area contributed by atoms with Crippen molar-refractivity contribution in [2.75, 3.05) is 13.6 Å². The van der Waals surface area contributed by atoms with Gasteiger partial charge < -0.3 is 4.90 Å². The molecular weight excluding hydrogens is 192 g/mol. The van der Waals surface area contributed by atoms with Crippen LogP contribution in [-0.2, 0) is 9.59 Å². The molecule has 4 heteroatoms. The van der Waals surface area contributed by atoms with E-state index in [1.54, 1.807) is 7.05 Å². The maximum Gasteiger partial charge on any atom is 0.236 e. The second-order valence-corrected chi connectivity index (χ2v) is 3.69. The van der Waals surface area contributed by atoms with E-state index in [-0.39, 0.29) is 18.1 Å². The number of ketones is 1. The van der Waals surface area contributed by atoms with E-state index in [2.05, 4.69) is 0 Å².